The number of nitrogens with zero attached hydrogens (tertiary/aromatic N) is 2. The van der Waals surface area contributed by atoms with Gasteiger partial charge in [-0.15, -0.1) is 0 Å². The molecule has 2 N–H and O–H groups in total. The Morgan fingerprint density at radius 3 is 2.84 bits per heavy atom. The molecule has 19 heavy (non-hydrogen) atoms. The molecule has 1 amide bonds. The first kappa shape index (κ1) is 14.0. The van der Waals surface area contributed by atoms with Gasteiger partial charge in [0.25, 0.3) is 0 Å². The van der Waals surface area contributed by atoms with Crippen molar-refractivity contribution in [3.05, 3.63) is 30.1 Å². The van der Waals surface area contributed by atoms with Crippen LogP contribution in [0.5, 0.6) is 0 Å². The zero-order valence-electron chi connectivity index (χ0n) is 11.4. The molecule has 1 aromatic rings. The summed E-state index contributed by atoms with van der Waals surface area (Å²) in [6, 6.07) is 4.29. The van der Waals surface area contributed by atoms with E-state index in [1.807, 2.05) is 17.0 Å². The minimum absolute atomic E-state index is 0.255. The van der Waals surface area contributed by atoms with E-state index in [2.05, 4.69) is 4.98 Å². The fraction of sp³-hybridized carbons (Fsp3) is 0.600. The summed E-state index contributed by atoms with van der Waals surface area (Å²) in [5.74, 6) is 0.288. The molecule has 1 saturated heterocycles. The Morgan fingerprint density at radius 2 is 2.11 bits per heavy atom. The molecule has 2 heterocycles. The zero-order chi connectivity index (χ0) is 13.5. The molecule has 4 nitrogen and oxygen atoms in total. The number of carbonyl (C=O) groups excluding carboxylic acids is 1. The molecule has 0 spiro atoms. The van der Waals surface area contributed by atoms with Gasteiger partial charge in [-0.2, -0.15) is 0 Å². The van der Waals surface area contributed by atoms with Gasteiger partial charge in [-0.1, -0.05) is 6.42 Å². The average Bonchev–Trinajstić information content (AvgIpc) is 2.94. The van der Waals surface area contributed by atoms with Gasteiger partial charge < -0.3 is 10.6 Å². The molecule has 0 aromatic carbocycles. The molecule has 1 atom stereocenters. The largest absolute Gasteiger partial charge is 0.336 e. The molecule has 1 fully saturated rings. The lowest BCUT2D eigenvalue weighted by Gasteiger charge is -2.25. The van der Waals surface area contributed by atoms with Gasteiger partial charge in [0, 0.05) is 25.4 Å². The van der Waals surface area contributed by atoms with E-state index in [0.29, 0.717) is 6.42 Å². The quantitative estimate of drug-likeness (QED) is 0.799. The van der Waals surface area contributed by atoms with Gasteiger partial charge in [-0.3, -0.25) is 9.78 Å². The summed E-state index contributed by atoms with van der Waals surface area (Å²) >= 11 is 0. The van der Waals surface area contributed by atoms with Crippen LogP contribution < -0.4 is 5.73 Å². The molecule has 1 aromatic heterocycles. The van der Waals surface area contributed by atoms with E-state index in [4.69, 9.17) is 5.73 Å². The third-order valence-corrected chi connectivity index (χ3v) is 3.76. The van der Waals surface area contributed by atoms with Crippen molar-refractivity contribution in [2.45, 2.75) is 44.6 Å². The molecule has 104 valence electrons. The van der Waals surface area contributed by atoms with Crippen LogP contribution in [0.4, 0.5) is 0 Å². The van der Waals surface area contributed by atoms with E-state index in [0.717, 1.165) is 45.2 Å². The molecule has 1 aliphatic rings. The van der Waals surface area contributed by atoms with Crippen LogP contribution in [0.15, 0.2) is 24.5 Å². The predicted octanol–water partition coefficient (Wildman–Crippen LogP) is 2.26. The molecule has 4 heteroatoms. The average molecular weight is 261 g/mol. The highest BCUT2D eigenvalue weighted by molar-refractivity contribution is 5.77. The number of hydrogen-bond acceptors (Lipinski definition) is 3. The highest BCUT2D eigenvalue weighted by Crippen LogP contribution is 2.32. The predicted molar refractivity (Wildman–Crippen MR) is 75.4 cm³/mol. The Hall–Kier alpha value is -1.42. The molecular formula is C15H23N3O. The first-order valence-electron chi connectivity index (χ1n) is 7.22. The number of likely N-dealkylation sites (tertiary alicyclic amines) is 1. The Kier molecular flexibility index (Phi) is 5.33. The molecular weight excluding hydrogens is 238 g/mol. The van der Waals surface area contributed by atoms with Crippen molar-refractivity contribution in [3.63, 3.8) is 0 Å². The van der Waals surface area contributed by atoms with Gasteiger partial charge in [0.2, 0.25) is 5.91 Å². The second-order valence-corrected chi connectivity index (χ2v) is 5.13. The molecule has 0 saturated carbocycles. The lowest BCUT2D eigenvalue weighted by Crippen LogP contribution is -2.30. The monoisotopic (exact) mass is 261 g/mol. The standard InChI is InChI=1S/C15H23N3O/c16-9-3-1-2-6-15(19)18-12-4-5-14(18)13-7-10-17-11-8-13/h7-8,10-11,14H,1-6,9,12,16H2. The molecule has 1 aliphatic heterocycles. The fourth-order valence-corrected chi connectivity index (χ4v) is 2.74. The van der Waals surface area contributed by atoms with Crippen LogP contribution in [0.2, 0.25) is 0 Å². The summed E-state index contributed by atoms with van der Waals surface area (Å²) in [4.78, 5) is 18.4. The number of aromatic nitrogens is 1. The molecule has 2 rings (SSSR count). The summed E-state index contributed by atoms with van der Waals surface area (Å²) < 4.78 is 0. The number of amides is 1. The minimum atomic E-state index is 0.255. The maximum absolute atomic E-state index is 12.3. The summed E-state index contributed by atoms with van der Waals surface area (Å²) in [6.07, 6.45) is 9.45. The van der Waals surface area contributed by atoms with Crippen molar-refractivity contribution in [2.24, 2.45) is 5.73 Å². The topological polar surface area (TPSA) is 59.2 Å². The molecule has 0 radical (unpaired) electrons. The third kappa shape index (κ3) is 3.77. The van der Waals surface area contributed by atoms with Crippen LogP contribution in [0.1, 0.15) is 50.1 Å². The Bertz CT molecular complexity index is 394. The van der Waals surface area contributed by atoms with Crippen molar-refractivity contribution in [2.75, 3.05) is 13.1 Å². The third-order valence-electron chi connectivity index (χ3n) is 3.76. The van der Waals surface area contributed by atoms with Crippen LogP contribution in [0, 0.1) is 0 Å². The molecule has 0 aliphatic carbocycles. The van der Waals surface area contributed by atoms with Gasteiger partial charge in [0.05, 0.1) is 6.04 Å². The first-order chi connectivity index (χ1) is 9.33. The van der Waals surface area contributed by atoms with Crippen molar-refractivity contribution < 1.29 is 4.79 Å². The lowest BCUT2D eigenvalue weighted by atomic mass is 10.1. The van der Waals surface area contributed by atoms with E-state index < -0.39 is 0 Å². The molecule has 1 unspecified atom stereocenters. The maximum Gasteiger partial charge on any atom is 0.223 e. The van der Waals surface area contributed by atoms with Gasteiger partial charge in [0.15, 0.2) is 0 Å². The van der Waals surface area contributed by atoms with Crippen LogP contribution in [0.25, 0.3) is 0 Å². The van der Waals surface area contributed by atoms with Crippen LogP contribution >= 0.6 is 0 Å². The second kappa shape index (κ2) is 7.24. The van der Waals surface area contributed by atoms with E-state index in [1.54, 1.807) is 12.4 Å². The number of nitrogens with two attached hydrogens (primary N) is 1. The Labute approximate surface area is 115 Å². The van der Waals surface area contributed by atoms with E-state index in [9.17, 15) is 4.79 Å². The van der Waals surface area contributed by atoms with E-state index in [-0.39, 0.29) is 11.9 Å². The zero-order valence-corrected chi connectivity index (χ0v) is 11.4. The summed E-state index contributed by atoms with van der Waals surface area (Å²) in [5.41, 5.74) is 6.68. The van der Waals surface area contributed by atoms with Crippen molar-refractivity contribution >= 4 is 5.91 Å². The lowest BCUT2D eigenvalue weighted by molar-refractivity contribution is -0.132. The van der Waals surface area contributed by atoms with Crippen LogP contribution in [-0.4, -0.2) is 28.9 Å². The summed E-state index contributed by atoms with van der Waals surface area (Å²) in [6.45, 7) is 1.61. The van der Waals surface area contributed by atoms with Crippen molar-refractivity contribution in [1.82, 2.24) is 9.88 Å². The highest BCUT2D eigenvalue weighted by atomic mass is 16.2. The number of pyridine rings is 1. The van der Waals surface area contributed by atoms with Crippen LogP contribution in [0.3, 0.4) is 0 Å². The van der Waals surface area contributed by atoms with Gasteiger partial charge in [-0.25, -0.2) is 0 Å². The highest BCUT2D eigenvalue weighted by Gasteiger charge is 2.29. The van der Waals surface area contributed by atoms with Gasteiger partial charge >= 0.3 is 0 Å². The van der Waals surface area contributed by atoms with E-state index >= 15 is 0 Å². The van der Waals surface area contributed by atoms with Gasteiger partial charge in [0.1, 0.15) is 0 Å². The fourth-order valence-electron chi connectivity index (χ4n) is 2.74. The van der Waals surface area contributed by atoms with Crippen LogP contribution in [-0.2, 0) is 4.79 Å². The normalized spacial score (nSPS) is 18.8. The number of carbonyl (C=O) groups is 1. The smallest absolute Gasteiger partial charge is 0.223 e. The van der Waals surface area contributed by atoms with E-state index in [1.165, 1.54) is 5.56 Å². The van der Waals surface area contributed by atoms with Crippen molar-refractivity contribution in [1.29, 1.82) is 0 Å². The number of unbranched alkanes of at least 4 members (excludes halogenated alkanes) is 2. The Morgan fingerprint density at radius 1 is 1.32 bits per heavy atom. The first-order valence-corrected chi connectivity index (χ1v) is 7.22. The number of rotatable bonds is 6. The minimum Gasteiger partial charge on any atom is -0.336 e. The van der Waals surface area contributed by atoms with Crippen molar-refractivity contribution in [3.8, 4) is 0 Å². The SMILES string of the molecule is NCCCCCC(=O)N1CCCC1c1ccncc1. The maximum atomic E-state index is 12.3. The number of hydrogen-bond donors (Lipinski definition) is 1. The Balaban J connectivity index is 1.90. The second-order valence-electron chi connectivity index (χ2n) is 5.13. The molecule has 0 bridgehead atoms. The summed E-state index contributed by atoms with van der Waals surface area (Å²) in [7, 11) is 0. The summed E-state index contributed by atoms with van der Waals surface area (Å²) in [5, 5.41) is 0. The van der Waals surface area contributed by atoms with Gasteiger partial charge in [-0.05, 0) is 49.9 Å².